The second kappa shape index (κ2) is 5.57. The molecule has 0 saturated heterocycles. The molecule has 2 saturated carbocycles. The van der Waals surface area contributed by atoms with E-state index in [0.717, 1.165) is 18.2 Å². The highest BCUT2D eigenvalue weighted by atomic mass is 15.3. The minimum atomic E-state index is -0.0573. The minimum Gasteiger partial charge on any atom is -0.384 e. The third kappa shape index (κ3) is 3.73. The number of nitrogens with two attached hydrogens (primary N) is 1. The van der Waals surface area contributed by atoms with E-state index in [4.69, 9.17) is 10.8 Å². The van der Waals surface area contributed by atoms with Gasteiger partial charge in [0.05, 0.1) is 11.2 Å². The van der Waals surface area contributed by atoms with E-state index in [1.807, 2.05) is 4.68 Å². The Balaban J connectivity index is 1.58. The van der Waals surface area contributed by atoms with Gasteiger partial charge in [-0.15, -0.1) is 0 Å². The Morgan fingerprint density at radius 1 is 1.43 bits per heavy atom. The summed E-state index contributed by atoms with van der Waals surface area (Å²) in [5.74, 6) is 2.06. The van der Waals surface area contributed by atoms with Crippen molar-refractivity contribution in [1.82, 2.24) is 15.1 Å². The van der Waals surface area contributed by atoms with Crippen molar-refractivity contribution in [2.24, 2.45) is 5.92 Å². The third-order valence-corrected chi connectivity index (χ3v) is 5.36. The lowest BCUT2D eigenvalue weighted by molar-refractivity contribution is 0.357. The van der Waals surface area contributed by atoms with E-state index < -0.39 is 0 Å². The Bertz CT molecular complexity index is 589. The highest BCUT2D eigenvalue weighted by Gasteiger charge is 2.38. The lowest BCUT2D eigenvalue weighted by atomic mass is 9.98. The highest BCUT2D eigenvalue weighted by molar-refractivity contribution is 5.34. The quantitative estimate of drug-likeness (QED) is 0.858. The summed E-state index contributed by atoms with van der Waals surface area (Å²) < 4.78 is 1.96. The smallest absolute Gasteiger partial charge is 0.122 e. The molecule has 1 aromatic rings. The first-order valence-electron chi connectivity index (χ1n) is 8.98. The van der Waals surface area contributed by atoms with Crippen molar-refractivity contribution in [2.45, 2.75) is 83.2 Å². The van der Waals surface area contributed by atoms with Gasteiger partial charge >= 0.3 is 0 Å². The Morgan fingerprint density at radius 2 is 2.13 bits per heavy atom. The topological polar surface area (TPSA) is 55.9 Å². The summed E-state index contributed by atoms with van der Waals surface area (Å²) in [6, 6.07) is 2.08. The van der Waals surface area contributed by atoms with Crippen LogP contribution < -0.4 is 11.1 Å². The summed E-state index contributed by atoms with van der Waals surface area (Å²) in [5, 5.41) is 8.41. The van der Waals surface area contributed by atoms with Gasteiger partial charge in [0, 0.05) is 23.2 Å². The van der Waals surface area contributed by atoms with E-state index in [1.54, 1.807) is 0 Å². The summed E-state index contributed by atoms with van der Waals surface area (Å²) in [4.78, 5) is 0. The summed E-state index contributed by atoms with van der Waals surface area (Å²) in [5.41, 5.74) is 8.84. The molecule has 0 bridgehead atoms. The van der Waals surface area contributed by atoms with Crippen LogP contribution in [0.15, 0.2) is 18.3 Å². The molecule has 1 heterocycles. The van der Waals surface area contributed by atoms with Gasteiger partial charge in [-0.1, -0.05) is 6.58 Å². The Kier molecular flexibility index (Phi) is 3.97. The number of hydrogen-bond donors (Lipinski definition) is 2. The van der Waals surface area contributed by atoms with Gasteiger partial charge in [-0.3, -0.25) is 0 Å². The fourth-order valence-electron chi connectivity index (χ4n) is 3.82. The molecule has 128 valence electrons. The third-order valence-electron chi connectivity index (χ3n) is 5.36. The minimum absolute atomic E-state index is 0.0573. The van der Waals surface area contributed by atoms with Gasteiger partial charge in [0.15, 0.2) is 0 Å². The molecule has 23 heavy (non-hydrogen) atoms. The number of nitrogens with one attached hydrogen (secondary N) is 1. The van der Waals surface area contributed by atoms with Gasteiger partial charge in [-0.05, 0) is 72.1 Å². The molecule has 2 aliphatic rings. The standard InChI is InChI=1S/C19H32N4/c1-13(21-19(5)8-9-19)10-14-6-7-15(11-14)16-12-17(20)23(22-16)18(2,3)4/h12,14-15,21H,1,6-11,20H2,2-5H3/t14-,15-/m0/s1. The summed E-state index contributed by atoms with van der Waals surface area (Å²) in [6.07, 6.45) is 7.35. The average molecular weight is 316 g/mol. The fraction of sp³-hybridized carbons (Fsp3) is 0.737. The molecule has 0 spiro atoms. The van der Waals surface area contributed by atoms with Crippen molar-refractivity contribution in [3.63, 3.8) is 0 Å². The number of hydrogen-bond acceptors (Lipinski definition) is 3. The van der Waals surface area contributed by atoms with E-state index >= 15 is 0 Å². The van der Waals surface area contributed by atoms with E-state index in [9.17, 15) is 0 Å². The Hall–Kier alpha value is -1.45. The maximum Gasteiger partial charge on any atom is 0.122 e. The van der Waals surface area contributed by atoms with Crippen molar-refractivity contribution in [2.75, 3.05) is 5.73 Å². The van der Waals surface area contributed by atoms with E-state index in [2.05, 4.69) is 45.7 Å². The first-order valence-corrected chi connectivity index (χ1v) is 8.98. The maximum absolute atomic E-state index is 6.16. The predicted molar refractivity (Wildman–Crippen MR) is 96.2 cm³/mol. The van der Waals surface area contributed by atoms with Gasteiger partial charge < -0.3 is 11.1 Å². The molecule has 0 radical (unpaired) electrons. The van der Waals surface area contributed by atoms with Crippen molar-refractivity contribution in [3.8, 4) is 0 Å². The summed E-state index contributed by atoms with van der Waals surface area (Å²) >= 11 is 0. The molecular formula is C19H32N4. The van der Waals surface area contributed by atoms with Gasteiger partial charge in [0.25, 0.3) is 0 Å². The van der Waals surface area contributed by atoms with Gasteiger partial charge in [0.2, 0.25) is 0 Å². The van der Waals surface area contributed by atoms with Crippen LogP contribution in [0.4, 0.5) is 5.82 Å². The average Bonchev–Trinajstić information content (AvgIpc) is 2.86. The molecule has 4 heteroatoms. The Labute approximate surface area is 140 Å². The molecule has 1 aromatic heterocycles. The van der Waals surface area contributed by atoms with Crippen LogP contribution >= 0.6 is 0 Å². The number of allylic oxidation sites excluding steroid dienone is 1. The Morgan fingerprint density at radius 3 is 2.70 bits per heavy atom. The molecule has 2 fully saturated rings. The van der Waals surface area contributed by atoms with Crippen LogP contribution in [-0.2, 0) is 5.54 Å². The van der Waals surface area contributed by atoms with Crippen LogP contribution in [-0.4, -0.2) is 15.3 Å². The summed E-state index contributed by atoms with van der Waals surface area (Å²) in [6.45, 7) is 13.0. The second-order valence-corrected chi connectivity index (χ2v) is 8.95. The molecule has 4 nitrogen and oxygen atoms in total. The van der Waals surface area contributed by atoms with Crippen LogP contribution in [0.1, 0.15) is 77.8 Å². The van der Waals surface area contributed by atoms with Gasteiger partial charge in [-0.25, -0.2) is 4.68 Å². The molecule has 0 aromatic carbocycles. The molecule has 3 rings (SSSR count). The SMILES string of the molecule is C=C(C[C@@H]1CC[C@H](c2cc(N)n(C(C)(C)C)n2)C1)NC1(C)CC1. The normalized spacial score (nSPS) is 26.3. The first kappa shape index (κ1) is 16.4. The fourth-order valence-corrected chi connectivity index (χ4v) is 3.82. The molecule has 3 N–H and O–H groups in total. The zero-order valence-electron chi connectivity index (χ0n) is 15.2. The van der Waals surface area contributed by atoms with Crippen LogP contribution in [0, 0.1) is 5.92 Å². The number of rotatable bonds is 5. The maximum atomic E-state index is 6.16. The molecule has 2 aliphatic carbocycles. The molecular weight excluding hydrogens is 284 g/mol. The summed E-state index contributed by atoms with van der Waals surface area (Å²) in [7, 11) is 0. The van der Waals surface area contributed by atoms with Crippen LogP contribution in [0.2, 0.25) is 0 Å². The van der Waals surface area contributed by atoms with Gasteiger partial charge in [0.1, 0.15) is 5.82 Å². The molecule has 0 unspecified atom stereocenters. The van der Waals surface area contributed by atoms with E-state index in [0.29, 0.717) is 11.5 Å². The highest BCUT2D eigenvalue weighted by Crippen LogP contribution is 2.42. The van der Waals surface area contributed by atoms with Gasteiger partial charge in [-0.2, -0.15) is 5.10 Å². The van der Waals surface area contributed by atoms with Crippen LogP contribution in [0.25, 0.3) is 0 Å². The van der Waals surface area contributed by atoms with Crippen LogP contribution in [0.3, 0.4) is 0 Å². The molecule has 0 amide bonds. The largest absolute Gasteiger partial charge is 0.384 e. The number of nitrogen functional groups attached to an aromatic ring is 1. The zero-order valence-corrected chi connectivity index (χ0v) is 15.2. The lowest BCUT2D eigenvalue weighted by Crippen LogP contribution is -2.27. The molecule has 0 aliphatic heterocycles. The van der Waals surface area contributed by atoms with Crippen LogP contribution in [0.5, 0.6) is 0 Å². The lowest BCUT2D eigenvalue weighted by Gasteiger charge is -2.21. The van der Waals surface area contributed by atoms with Crippen molar-refractivity contribution >= 4 is 5.82 Å². The van der Waals surface area contributed by atoms with E-state index in [-0.39, 0.29) is 5.54 Å². The predicted octanol–water partition coefficient (Wildman–Crippen LogP) is 4.15. The number of anilines is 1. The van der Waals surface area contributed by atoms with Crippen molar-refractivity contribution in [1.29, 1.82) is 0 Å². The monoisotopic (exact) mass is 316 g/mol. The first-order chi connectivity index (χ1) is 10.7. The van der Waals surface area contributed by atoms with Crippen molar-refractivity contribution in [3.05, 3.63) is 24.0 Å². The zero-order chi connectivity index (χ0) is 16.8. The number of nitrogens with zero attached hydrogens (tertiary/aromatic N) is 2. The number of aromatic nitrogens is 2. The van der Waals surface area contributed by atoms with E-state index in [1.165, 1.54) is 43.5 Å². The molecule has 2 atom stereocenters. The second-order valence-electron chi connectivity index (χ2n) is 8.95. The van der Waals surface area contributed by atoms with Crippen molar-refractivity contribution < 1.29 is 0 Å².